The van der Waals surface area contributed by atoms with Crippen molar-refractivity contribution in [1.82, 2.24) is 20.1 Å². The summed E-state index contributed by atoms with van der Waals surface area (Å²) in [5, 5.41) is 3.50. The van der Waals surface area contributed by atoms with Crippen LogP contribution >= 0.6 is 0 Å². The fourth-order valence-electron chi connectivity index (χ4n) is 2.10. The number of aromatic nitrogens is 1. The summed E-state index contributed by atoms with van der Waals surface area (Å²) >= 11 is 0. The maximum absolute atomic E-state index is 13.0. The zero-order valence-electron chi connectivity index (χ0n) is 13.8. The van der Waals surface area contributed by atoms with Crippen LogP contribution < -0.4 is 5.32 Å². The third kappa shape index (κ3) is 7.50. The zero-order chi connectivity index (χ0) is 15.7. The molecule has 0 aliphatic carbocycles. The maximum Gasteiger partial charge on any atom is 0.141 e. The smallest absolute Gasteiger partial charge is 0.141 e. The zero-order valence-corrected chi connectivity index (χ0v) is 13.8. The van der Waals surface area contributed by atoms with Crippen molar-refractivity contribution in [3.8, 4) is 0 Å². The van der Waals surface area contributed by atoms with Crippen molar-refractivity contribution < 1.29 is 4.39 Å². The van der Waals surface area contributed by atoms with E-state index in [9.17, 15) is 4.39 Å². The van der Waals surface area contributed by atoms with E-state index < -0.39 is 0 Å². The lowest BCUT2D eigenvalue weighted by Crippen LogP contribution is -2.32. The van der Waals surface area contributed by atoms with Gasteiger partial charge in [0, 0.05) is 13.1 Å². The monoisotopic (exact) mass is 296 g/mol. The topological polar surface area (TPSA) is 31.4 Å². The first-order chi connectivity index (χ1) is 10.0. The molecule has 21 heavy (non-hydrogen) atoms. The lowest BCUT2D eigenvalue weighted by Gasteiger charge is -2.23. The molecule has 1 rings (SSSR count). The molecule has 0 aromatic carbocycles. The van der Waals surface area contributed by atoms with Gasteiger partial charge in [0.25, 0.3) is 0 Å². The number of nitrogens with one attached hydrogen (secondary N) is 1. The van der Waals surface area contributed by atoms with Crippen LogP contribution in [0.4, 0.5) is 4.39 Å². The van der Waals surface area contributed by atoms with Crippen molar-refractivity contribution in [2.24, 2.45) is 0 Å². The van der Waals surface area contributed by atoms with Gasteiger partial charge in [-0.15, -0.1) is 0 Å². The predicted octanol–water partition coefficient (Wildman–Crippen LogP) is 2.14. The molecule has 1 unspecified atom stereocenters. The van der Waals surface area contributed by atoms with Crippen molar-refractivity contribution in [2.45, 2.75) is 25.8 Å². The van der Waals surface area contributed by atoms with Crippen molar-refractivity contribution in [2.75, 3.05) is 47.3 Å². The van der Waals surface area contributed by atoms with Crippen LogP contribution in [0.15, 0.2) is 18.3 Å². The SMILES string of the molecule is CCCNC(CCN(C)CCN(C)C)c1ccc(F)cn1. The Kier molecular flexibility index (Phi) is 8.42. The summed E-state index contributed by atoms with van der Waals surface area (Å²) in [5.41, 5.74) is 0.922. The van der Waals surface area contributed by atoms with Crippen LogP contribution in [0, 0.1) is 5.82 Å². The standard InChI is InChI=1S/C16H29FN4/c1-5-9-18-16(15-7-6-14(17)13-19-15)8-10-21(4)12-11-20(2)3/h6-7,13,16,18H,5,8-12H2,1-4H3. The lowest BCUT2D eigenvalue weighted by atomic mass is 10.1. The second kappa shape index (κ2) is 9.82. The molecule has 0 amide bonds. The second-order valence-corrected chi connectivity index (χ2v) is 5.80. The first-order valence-electron chi connectivity index (χ1n) is 7.71. The van der Waals surface area contributed by atoms with Crippen LogP contribution in [0.3, 0.4) is 0 Å². The predicted molar refractivity (Wildman–Crippen MR) is 85.9 cm³/mol. The Morgan fingerprint density at radius 1 is 1.19 bits per heavy atom. The normalized spacial score (nSPS) is 13.1. The number of rotatable bonds is 10. The van der Waals surface area contributed by atoms with Gasteiger partial charge in [0.2, 0.25) is 0 Å². The van der Waals surface area contributed by atoms with Gasteiger partial charge in [-0.25, -0.2) is 4.39 Å². The van der Waals surface area contributed by atoms with E-state index in [4.69, 9.17) is 0 Å². The lowest BCUT2D eigenvalue weighted by molar-refractivity contribution is 0.267. The molecule has 0 saturated carbocycles. The largest absolute Gasteiger partial charge is 0.309 e. The van der Waals surface area contributed by atoms with Gasteiger partial charge in [-0.2, -0.15) is 0 Å². The Morgan fingerprint density at radius 3 is 2.52 bits per heavy atom. The molecule has 1 atom stereocenters. The first kappa shape index (κ1) is 18.0. The van der Waals surface area contributed by atoms with Crippen molar-refractivity contribution >= 4 is 0 Å². The van der Waals surface area contributed by atoms with Crippen LogP contribution in [-0.4, -0.2) is 62.1 Å². The fourth-order valence-corrected chi connectivity index (χ4v) is 2.10. The molecule has 0 aliphatic rings. The van der Waals surface area contributed by atoms with E-state index in [0.717, 1.165) is 44.7 Å². The van der Waals surface area contributed by atoms with Crippen LogP contribution in [0.1, 0.15) is 31.5 Å². The summed E-state index contributed by atoms with van der Waals surface area (Å²) in [6, 6.07) is 3.45. The molecule has 4 nitrogen and oxygen atoms in total. The number of nitrogens with zero attached hydrogens (tertiary/aromatic N) is 3. The molecule has 1 heterocycles. The molecule has 0 bridgehead atoms. The summed E-state index contributed by atoms with van der Waals surface area (Å²) in [5.74, 6) is -0.281. The fraction of sp³-hybridized carbons (Fsp3) is 0.688. The minimum atomic E-state index is -0.281. The highest BCUT2D eigenvalue weighted by Crippen LogP contribution is 2.15. The van der Waals surface area contributed by atoms with Gasteiger partial charge in [-0.3, -0.25) is 4.98 Å². The van der Waals surface area contributed by atoms with Gasteiger partial charge in [-0.1, -0.05) is 6.92 Å². The van der Waals surface area contributed by atoms with Gasteiger partial charge in [-0.05, 0) is 59.2 Å². The molecule has 120 valence electrons. The van der Waals surface area contributed by atoms with Crippen molar-refractivity contribution in [3.05, 3.63) is 29.8 Å². The summed E-state index contributed by atoms with van der Waals surface area (Å²) < 4.78 is 13.0. The Morgan fingerprint density at radius 2 is 1.95 bits per heavy atom. The number of hydrogen-bond acceptors (Lipinski definition) is 4. The molecule has 0 aliphatic heterocycles. The van der Waals surface area contributed by atoms with Gasteiger partial charge >= 0.3 is 0 Å². The summed E-state index contributed by atoms with van der Waals surface area (Å²) in [6.45, 7) is 6.19. The summed E-state index contributed by atoms with van der Waals surface area (Å²) in [6.07, 6.45) is 3.35. The maximum atomic E-state index is 13.0. The molecule has 1 aromatic rings. The minimum absolute atomic E-state index is 0.187. The third-order valence-electron chi connectivity index (χ3n) is 3.48. The van der Waals surface area contributed by atoms with E-state index in [1.807, 2.05) is 0 Å². The average molecular weight is 296 g/mol. The quantitative estimate of drug-likeness (QED) is 0.717. The Labute approximate surface area is 128 Å². The van der Waals surface area contributed by atoms with Gasteiger partial charge in [0.15, 0.2) is 0 Å². The van der Waals surface area contributed by atoms with Crippen LogP contribution in [0.2, 0.25) is 0 Å². The molecule has 0 spiro atoms. The van der Waals surface area contributed by atoms with E-state index in [1.165, 1.54) is 12.3 Å². The highest BCUT2D eigenvalue weighted by Gasteiger charge is 2.13. The number of pyridine rings is 1. The van der Waals surface area contributed by atoms with Gasteiger partial charge in [0.1, 0.15) is 5.82 Å². The van der Waals surface area contributed by atoms with E-state index >= 15 is 0 Å². The average Bonchev–Trinajstić information content (AvgIpc) is 2.46. The van der Waals surface area contributed by atoms with Crippen molar-refractivity contribution in [3.63, 3.8) is 0 Å². The number of halogens is 1. The number of likely N-dealkylation sites (N-methyl/N-ethyl adjacent to an activating group) is 2. The number of hydrogen-bond donors (Lipinski definition) is 1. The third-order valence-corrected chi connectivity index (χ3v) is 3.48. The second-order valence-electron chi connectivity index (χ2n) is 5.80. The van der Waals surface area contributed by atoms with Crippen LogP contribution in [0.25, 0.3) is 0 Å². The Hall–Kier alpha value is -1.04. The highest BCUT2D eigenvalue weighted by molar-refractivity contribution is 5.10. The van der Waals surface area contributed by atoms with E-state index in [0.29, 0.717) is 0 Å². The van der Waals surface area contributed by atoms with Crippen LogP contribution in [0.5, 0.6) is 0 Å². The first-order valence-corrected chi connectivity index (χ1v) is 7.71. The van der Waals surface area contributed by atoms with E-state index in [1.54, 1.807) is 6.07 Å². The molecule has 0 saturated heterocycles. The minimum Gasteiger partial charge on any atom is -0.309 e. The molecule has 1 aromatic heterocycles. The molecule has 0 fully saturated rings. The highest BCUT2D eigenvalue weighted by atomic mass is 19.1. The molecule has 0 radical (unpaired) electrons. The Balaban J connectivity index is 2.51. The Bertz CT molecular complexity index is 380. The van der Waals surface area contributed by atoms with Crippen LogP contribution in [-0.2, 0) is 0 Å². The molecule has 1 N–H and O–H groups in total. The molecule has 5 heteroatoms. The van der Waals surface area contributed by atoms with E-state index in [-0.39, 0.29) is 11.9 Å². The van der Waals surface area contributed by atoms with E-state index in [2.05, 4.69) is 48.2 Å². The molecular weight excluding hydrogens is 267 g/mol. The summed E-state index contributed by atoms with van der Waals surface area (Å²) in [4.78, 5) is 8.73. The van der Waals surface area contributed by atoms with Crippen molar-refractivity contribution in [1.29, 1.82) is 0 Å². The van der Waals surface area contributed by atoms with Gasteiger partial charge < -0.3 is 15.1 Å². The van der Waals surface area contributed by atoms with Gasteiger partial charge in [0.05, 0.1) is 17.9 Å². The molecular formula is C16H29FN4. The summed E-state index contributed by atoms with van der Waals surface area (Å²) in [7, 11) is 6.31.